The highest BCUT2D eigenvalue weighted by Crippen LogP contribution is 2.26. The number of unbranched alkanes of at least 4 members (excludes halogenated alkanes) is 18. The maximum Gasteiger partial charge on any atom is 0.306 e. The molecule has 4 unspecified atom stereocenters. The smallest absolute Gasteiger partial charge is 0.306 e. The molecular formula is C48H84O15. The van der Waals surface area contributed by atoms with Crippen LogP contribution in [0.3, 0.4) is 0 Å². The van der Waals surface area contributed by atoms with Crippen molar-refractivity contribution in [1.82, 2.24) is 0 Å². The summed E-state index contributed by atoms with van der Waals surface area (Å²) in [6.07, 6.45) is 15.7. The predicted molar refractivity (Wildman–Crippen MR) is 237 cm³/mol. The Balaban J connectivity index is 1.85. The van der Waals surface area contributed by atoms with Crippen molar-refractivity contribution in [1.29, 1.82) is 0 Å². The Hall–Kier alpha value is -2.24. The zero-order valence-electron chi connectivity index (χ0n) is 38.4. The maximum atomic E-state index is 12.9. The molecule has 0 bridgehead atoms. The zero-order valence-corrected chi connectivity index (χ0v) is 38.4. The molecule has 2 aliphatic rings. The van der Waals surface area contributed by atoms with E-state index >= 15 is 0 Å². The number of rotatable bonds is 36. The van der Waals surface area contributed by atoms with Crippen LogP contribution in [0.4, 0.5) is 0 Å². The second kappa shape index (κ2) is 35.9. The Bertz CT molecular complexity index is 1260. The van der Waals surface area contributed by atoms with Gasteiger partial charge in [-0.1, -0.05) is 103 Å². The first kappa shape index (κ1) is 56.9. The second-order valence-electron chi connectivity index (χ2n) is 17.0. The van der Waals surface area contributed by atoms with Crippen LogP contribution in [0.15, 0.2) is 30.0 Å². The summed E-state index contributed by atoms with van der Waals surface area (Å²) >= 11 is 0. The molecule has 2 rings (SSSR count). The van der Waals surface area contributed by atoms with Crippen LogP contribution in [0.5, 0.6) is 0 Å². The van der Waals surface area contributed by atoms with Gasteiger partial charge in [-0.15, -0.1) is 5.73 Å². The third-order valence-electron chi connectivity index (χ3n) is 11.4. The molecule has 2 saturated heterocycles. The molecule has 2 heterocycles. The summed E-state index contributed by atoms with van der Waals surface area (Å²) in [6, 6.07) is 0. The van der Waals surface area contributed by atoms with Crippen molar-refractivity contribution in [3.05, 3.63) is 30.0 Å². The Kier molecular flexibility index (Phi) is 32.5. The molecule has 0 radical (unpaired) electrons. The van der Waals surface area contributed by atoms with Crippen molar-refractivity contribution in [2.24, 2.45) is 0 Å². The molecule has 0 spiro atoms. The van der Waals surface area contributed by atoms with Crippen LogP contribution in [0.1, 0.15) is 168 Å². The lowest BCUT2D eigenvalue weighted by molar-refractivity contribution is -0.332. The molecule has 0 aromatic heterocycles. The first-order valence-electron chi connectivity index (χ1n) is 24.2. The van der Waals surface area contributed by atoms with Crippen molar-refractivity contribution in [3.63, 3.8) is 0 Å². The molecule has 0 amide bonds. The van der Waals surface area contributed by atoms with Crippen molar-refractivity contribution in [2.45, 2.75) is 235 Å². The second-order valence-corrected chi connectivity index (χ2v) is 17.0. The Morgan fingerprint density at radius 3 is 1.59 bits per heavy atom. The van der Waals surface area contributed by atoms with Gasteiger partial charge in [0.15, 0.2) is 18.7 Å². The van der Waals surface area contributed by atoms with Gasteiger partial charge < -0.3 is 64.2 Å². The predicted octanol–water partition coefficient (Wildman–Crippen LogP) is 5.75. The third kappa shape index (κ3) is 24.7. The van der Waals surface area contributed by atoms with E-state index in [1.54, 1.807) is 0 Å². The van der Waals surface area contributed by atoms with E-state index in [-0.39, 0.29) is 19.4 Å². The van der Waals surface area contributed by atoms with Gasteiger partial charge in [0.1, 0.15) is 55.4 Å². The first-order chi connectivity index (χ1) is 30.5. The van der Waals surface area contributed by atoms with Crippen LogP contribution < -0.4 is 0 Å². The summed E-state index contributed by atoms with van der Waals surface area (Å²) in [6.45, 7) is 2.50. The number of ether oxygens (including phenoxy) is 6. The van der Waals surface area contributed by atoms with Crippen LogP contribution in [0.25, 0.3) is 0 Å². The lowest BCUT2D eigenvalue weighted by atomic mass is 9.98. The highest BCUT2D eigenvalue weighted by atomic mass is 16.7. The monoisotopic (exact) mass is 901 g/mol. The quantitative estimate of drug-likeness (QED) is 0.0172. The summed E-state index contributed by atoms with van der Waals surface area (Å²) < 4.78 is 33.5. The molecule has 63 heavy (non-hydrogen) atoms. The number of aliphatic hydroxyl groups excluding tert-OH is 7. The molecule has 11 atom stereocenters. The summed E-state index contributed by atoms with van der Waals surface area (Å²) in [7, 11) is 0. The highest BCUT2D eigenvalue weighted by molar-refractivity contribution is 5.70. The minimum Gasteiger partial charge on any atom is -0.462 e. The third-order valence-corrected chi connectivity index (χ3v) is 11.4. The molecule has 0 saturated carbocycles. The van der Waals surface area contributed by atoms with Crippen molar-refractivity contribution >= 4 is 11.9 Å². The van der Waals surface area contributed by atoms with Crippen LogP contribution in [-0.2, 0) is 38.0 Å². The molecule has 2 fully saturated rings. The molecule has 15 heteroatoms. The van der Waals surface area contributed by atoms with Gasteiger partial charge in [0.25, 0.3) is 0 Å². The van der Waals surface area contributed by atoms with Crippen molar-refractivity contribution in [3.8, 4) is 0 Å². The molecule has 15 nitrogen and oxygen atoms in total. The largest absolute Gasteiger partial charge is 0.462 e. The molecule has 0 aromatic rings. The van der Waals surface area contributed by atoms with Crippen LogP contribution >= 0.6 is 0 Å². The van der Waals surface area contributed by atoms with Gasteiger partial charge in [0.05, 0.1) is 19.8 Å². The van der Waals surface area contributed by atoms with Gasteiger partial charge >= 0.3 is 11.9 Å². The molecule has 2 aliphatic heterocycles. The van der Waals surface area contributed by atoms with E-state index in [9.17, 15) is 45.3 Å². The van der Waals surface area contributed by atoms with E-state index in [0.717, 1.165) is 77.0 Å². The lowest BCUT2D eigenvalue weighted by Crippen LogP contribution is -2.61. The summed E-state index contributed by atoms with van der Waals surface area (Å²) in [5, 5.41) is 71.9. The van der Waals surface area contributed by atoms with E-state index in [1.807, 2.05) is 0 Å². The fraction of sp³-hybridized carbons (Fsp3) is 0.854. The Morgan fingerprint density at radius 1 is 0.540 bits per heavy atom. The number of hydrogen-bond acceptors (Lipinski definition) is 15. The summed E-state index contributed by atoms with van der Waals surface area (Å²) in [5.74, 6) is -0.957. The number of hydrogen-bond donors (Lipinski definition) is 7. The van der Waals surface area contributed by atoms with Crippen LogP contribution in [0.2, 0.25) is 0 Å². The van der Waals surface area contributed by atoms with E-state index in [2.05, 4.69) is 43.9 Å². The average Bonchev–Trinajstić information content (AvgIpc) is 3.28. The van der Waals surface area contributed by atoms with E-state index < -0.39 is 99.3 Å². The number of esters is 2. The minimum atomic E-state index is -1.77. The Morgan fingerprint density at radius 2 is 1.00 bits per heavy atom. The van der Waals surface area contributed by atoms with E-state index in [0.29, 0.717) is 12.8 Å². The van der Waals surface area contributed by atoms with E-state index in [1.165, 1.54) is 51.4 Å². The summed E-state index contributed by atoms with van der Waals surface area (Å²) in [4.78, 5) is 25.6. The number of carbonyl (C=O) groups excluding carboxylic acids is 2. The average molecular weight is 901 g/mol. The maximum absolute atomic E-state index is 12.9. The van der Waals surface area contributed by atoms with Gasteiger partial charge in [-0.3, -0.25) is 9.59 Å². The van der Waals surface area contributed by atoms with Gasteiger partial charge in [0, 0.05) is 12.8 Å². The minimum absolute atomic E-state index is 0.151. The van der Waals surface area contributed by atoms with Crippen molar-refractivity contribution in [2.75, 3.05) is 26.4 Å². The zero-order chi connectivity index (χ0) is 46.1. The van der Waals surface area contributed by atoms with E-state index in [4.69, 9.17) is 28.4 Å². The first-order valence-corrected chi connectivity index (χ1v) is 24.2. The van der Waals surface area contributed by atoms with Gasteiger partial charge in [-0.25, -0.2) is 0 Å². The number of carbonyl (C=O) groups is 2. The van der Waals surface area contributed by atoms with Crippen LogP contribution in [-0.4, -0.2) is 142 Å². The van der Waals surface area contributed by atoms with Crippen LogP contribution in [0, 0.1) is 0 Å². The van der Waals surface area contributed by atoms with Gasteiger partial charge in [-0.2, -0.15) is 0 Å². The molecular weight excluding hydrogens is 817 g/mol. The number of aliphatic hydroxyl groups is 7. The van der Waals surface area contributed by atoms with Gasteiger partial charge in [-0.05, 0) is 76.4 Å². The molecule has 0 aromatic carbocycles. The van der Waals surface area contributed by atoms with Crippen molar-refractivity contribution < 1.29 is 73.8 Å². The number of allylic oxidation sites excluding steroid dienone is 3. The standard InChI is InChI=1S/C48H84O15/c1-3-5-7-9-11-13-15-17-18-19-21-22-24-26-28-30-39(50)58-33-36(61-40(51)31-29-27-25-23-20-16-14-12-10-8-6-4-2)34-59-47-46(57)44(55)42(53)38(63-47)35-60-48-45(56)43(54)41(52)37(32-49)62-48/h12,14-15,18,36-38,41-49,52-57H,3-11,13,16,19-35H2,1-2H3/b14-12+/t17?,36-,37-,38-,41+,42+,43?,44?,45?,46?,47-,48-/m1/s1. The normalized spacial score (nSPS) is 26.6. The Labute approximate surface area is 376 Å². The SMILES string of the molecule is CCCCC/C=C/CCCCCCCC(=O)O[C@H](COC(=O)CCCCCCCC=C=CCCCCCCC)CO[C@@H]1O[C@H](CO[C@@H]2O[C@H](CO)[C@H](O)C(O)C2O)[C@H](O)C(O)C1O. The van der Waals surface area contributed by atoms with Gasteiger partial charge in [0.2, 0.25) is 0 Å². The fourth-order valence-corrected chi connectivity index (χ4v) is 7.36. The topological polar surface area (TPSA) is 231 Å². The molecule has 0 aliphatic carbocycles. The molecule has 7 N–H and O–H groups in total. The lowest BCUT2D eigenvalue weighted by Gasteiger charge is -2.42. The summed E-state index contributed by atoms with van der Waals surface area (Å²) in [5.41, 5.74) is 3.28. The fourth-order valence-electron chi connectivity index (χ4n) is 7.36. The molecule has 366 valence electrons. The highest BCUT2D eigenvalue weighted by Gasteiger charge is 2.47.